The molecule has 0 radical (unpaired) electrons. The quantitative estimate of drug-likeness (QED) is 0.842. The third-order valence-electron chi connectivity index (χ3n) is 3.59. The summed E-state index contributed by atoms with van der Waals surface area (Å²) in [7, 11) is 1.84. The van der Waals surface area contributed by atoms with Crippen LogP contribution in [0.5, 0.6) is 0 Å². The maximum atomic E-state index is 12.2. The summed E-state index contributed by atoms with van der Waals surface area (Å²) in [5.41, 5.74) is 6.42. The van der Waals surface area contributed by atoms with Gasteiger partial charge in [0.05, 0.1) is 6.20 Å². The van der Waals surface area contributed by atoms with Crippen LogP contribution in [0, 0.1) is 6.92 Å². The highest BCUT2D eigenvalue weighted by atomic mass is 16.5. The Bertz CT molecular complexity index is 394. The fourth-order valence-corrected chi connectivity index (χ4v) is 2.35. The molecule has 1 saturated carbocycles. The highest BCUT2D eigenvalue weighted by molar-refractivity contribution is 5.94. The fourth-order valence-electron chi connectivity index (χ4n) is 2.35. The summed E-state index contributed by atoms with van der Waals surface area (Å²) in [5, 5.41) is 3.64. The number of nitrogens with two attached hydrogens (primary N) is 1. The standard InChI is InChI=1S/C12H19N3O2/c1-8-11(7-14-17-8)12(16)15(2)10-5-3-9(13)4-6-10/h7,9-10H,3-6,13H2,1-2H3. The van der Waals surface area contributed by atoms with Crippen molar-refractivity contribution in [1.82, 2.24) is 10.1 Å². The maximum Gasteiger partial charge on any atom is 0.259 e. The molecule has 0 aromatic carbocycles. The van der Waals surface area contributed by atoms with E-state index in [-0.39, 0.29) is 11.9 Å². The first-order valence-electron chi connectivity index (χ1n) is 6.03. The van der Waals surface area contributed by atoms with Crippen LogP contribution in [0.4, 0.5) is 0 Å². The zero-order valence-corrected chi connectivity index (χ0v) is 10.3. The van der Waals surface area contributed by atoms with E-state index < -0.39 is 0 Å². The second kappa shape index (κ2) is 4.87. The van der Waals surface area contributed by atoms with Crippen molar-refractivity contribution in [3.05, 3.63) is 17.5 Å². The Morgan fingerprint density at radius 2 is 2.12 bits per heavy atom. The molecule has 0 atom stereocenters. The molecule has 1 heterocycles. The van der Waals surface area contributed by atoms with Gasteiger partial charge in [-0.15, -0.1) is 0 Å². The van der Waals surface area contributed by atoms with Gasteiger partial charge in [0.2, 0.25) is 0 Å². The molecule has 0 spiro atoms. The number of rotatable bonds is 2. The number of hydrogen-bond acceptors (Lipinski definition) is 4. The van der Waals surface area contributed by atoms with Crippen molar-refractivity contribution in [3.8, 4) is 0 Å². The van der Waals surface area contributed by atoms with Crippen LogP contribution in [0.15, 0.2) is 10.7 Å². The van der Waals surface area contributed by atoms with Crippen molar-refractivity contribution in [3.63, 3.8) is 0 Å². The van der Waals surface area contributed by atoms with Gasteiger partial charge < -0.3 is 15.2 Å². The summed E-state index contributed by atoms with van der Waals surface area (Å²) in [6.45, 7) is 1.75. The van der Waals surface area contributed by atoms with Crippen LogP contribution >= 0.6 is 0 Å². The lowest BCUT2D eigenvalue weighted by Crippen LogP contribution is -2.41. The molecule has 5 heteroatoms. The first-order chi connectivity index (χ1) is 8.09. The van der Waals surface area contributed by atoms with Gasteiger partial charge in [0.1, 0.15) is 11.3 Å². The van der Waals surface area contributed by atoms with Crippen molar-refractivity contribution >= 4 is 5.91 Å². The molecule has 2 N–H and O–H groups in total. The molecule has 1 aliphatic carbocycles. The molecule has 2 rings (SSSR count). The molecule has 1 fully saturated rings. The first kappa shape index (κ1) is 12.1. The average molecular weight is 237 g/mol. The van der Waals surface area contributed by atoms with E-state index in [0.29, 0.717) is 17.4 Å². The summed E-state index contributed by atoms with van der Waals surface area (Å²) < 4.78 is 4.92. The Balaban J connectivity index is 2.03. The van der Waals surface area contributed by atoms with Crippen molar-refractivity contribution in [2.75, 3.05) is 7.05 Å². The number of carbonyl (C=O) groups is 1. The largest absolute Gasteiger partial charge is 0.361 e. The third-order valence-corrected chi connectivity index (χ3v) is 3.59. The smallest absolute Gasteiger partial charge is 0.259 e. The molecule has 1 aromatic rings. The fraction of sp³-hybridized carbons (Fsp3) is 0.667. The highest BCUT2D eigenvalue weighted by Crippen LogP contribution is 2.23. The lowest BCUT2D eigenvalue weighted by atomic mass is 9.91. The third kappa shape index (κ3) is 2.49. The van der Waals surface area contributed by atoms with Crippen LogP contribution in [0.2, 0.25) is 0 Å². The molecule has 1 aromatic heterocycles. The predicted octanol–water partition coefficient (Wildman–Crippen LogP) is 1.32. The van der Waals surface area contributed by atoms with Crippen LogP contribution in [0.3, 0.4) is 0 Å². The topological polar surface area (TPSA) is 72.4 Å². The van der Waals surface area contributed by atoms with E-state index in [9.17, 15) is 4.79 Å². The van der Waals surface area contributed by atoms with Crippen LogP contribution in [-0.4, -0.2) is 35.1 Å². The molecule has 17 heavy (non-hydrogen) atoms. The molecular formula is C12H19N3O2. The Morgan fingerprint density at radius 3 is 2.65 bits per heavy atom. The Morgan fingerprint density at radius 1 is 1.47 bits per heavy atom. The maximum absolute atomic E-state index is 12.2. The van der Waals surface area contributed by atoms with Crippen molar-refractivity contribution < 1.29 is 9.32 Å². The molecule has 0 aliphatic heterocycles. The van der Waals surface area contributed by atoms with E-state index in [1.165, 1.54) is 6.20 Å². The van der Waals surface area contributed by atoms with Crippen LogP contribution in [0.1, 0.15) is 41.8 Å². The Kier molecular flexibility index (Phi) is 3.47. The molecule has 1 aliphatic rings. The second-order valence-electron chi connectivity index (χ2n) is 4.78. The molecule has 0 unspecified atom stereocenters. The summed E-state index contributed by atoms with van der Waals surface area (Å²) in [6.07, 6.45) is 5.43. The Hall–Kier alpha value is -1.36. The van der Waals surface area contributed by atoms with Crippen molar-refractivity contribution in [2.24, 2.45) is 5.73 Å². The predicted molar refractivity (Wildman–Crippen MR) is 63.6 cm³/mol. The van der Waals surface area contributed by atoms with Gasteiger partial charge in [0, 0.05) is 19.1 Å². The molecule has 5 nitrogen and oxygen atoms in total. The molecular weight excluding hydrogens is 218 g/mol. The Labute approximate surface area is 101 Å². The molecule has 94 valence electrons. The van der Waals surface area contributed by atoms with Crippen LogP contribution < -0.4 is 5.73 Å². The molecule has 0 bridgehead atoms. The van der Waals surface area contributed by atoms with Gasteiger partial charge in [-0.25, -0.2) is 0 Å². The van der Waals surface area contributed by atoms with Crippen molar-refractivity contribution in [1.29, 1.82) is 0 Å². The normalized spacial score (nSPS) is 24.6. The summed E-state index contributed by atoms with van der Waals surface area (Å²) >= 11 is 0. The molecule has 1 amide bonds. The zero-order valence-electron chi connectivity index (χ0n) is 10.3. The van der Waals surface area contributed by atoms with Gasteiger partial charge in [0.15, 0.2) is 0 Å². The number of carbonyl (C=O) groups excluding carboxylic acids is 1. The summed E-state index contributed by atoms with van der Waals surface area (Å²) in [4.78, 5) is 14.0. The summed E-state index contributed by atoms with van der Waals surface area (Å²) in [5.74, 6) is 0.568. The van der Waals surface area contributed by atoms with Gasteiger partial charge in [-0.05, 0) is 32.6 Å². The minimum Gasteiger partial charge on any atom is -0.361 e. The van der Waals surface area contributed by atoms with E-state index in [4.69, 9.17) is 10.3 Å². The lowest BCUT2D eigenvalue weighted by molar-refractivity contribution is 0.0688. The van der Waals surface area contributed by atoms with E-state index in [0.717, 1.165) is 25.7 Å². The van der Waals surface area contributed by atoms with Crippen LogP contribution in [-0.2, 0) is 0 Å². The number of amides is 1. The molecule has 0 saturated heterocycles. The minimum atomic E-state index is -0.00998. The van der Waals surface area contributed by atoms with Gasteiger partial charge in [0.25, 0.3) is 5.91 Å². The van der Waals surface area contributed by atoms with Crippen LogP contribution in [0.25, 0.3) is 0 Å². The second-order valence-corrected chi connectivity index (χ2v) is 4.78. The van der Waals surface area contributed by atoms with E-state index in [1.54, 1.807) is 11.8 Å². The average Bonchev–Trinajstić information content (AvgIpc) is 2.74. The van der Waals surface area contributed by atoms with Gasteiger partial charge in [-0.1, -0.05) is 5.16 Å². The van der Waals surface area contributed by atoms with Gasteiger partial charge >= 0.3 is 0 Å². The first-order valence-corrected chi connectivity index (χ1v) is 6.03. The number of hydrogen-bond donors (Lipinski definition) is 1. The monoisotopic (exact) mass is 237 g/mol. The number of aryl methyl sites for hydroxylation is 1. The zero-order chi connectivity index (χ0) is 12.4. The minimum absolute atomic E-state index is 0.00998. The SMILES string of the molecule is Cc1oncc1C(=O)N(C)C1CCC(N)CC1. The van der Waals surface area contributed by atoms with Gasteiger partial charge in [-0.2, -0.15) is 0 Å². The van der Waals surface area contributed by atoms with E-state index in [2.05, 4.69) is 5.16 Å². The summed E-state index contributed by atoms with van der Waals surface area (Å²) in [6, 6.07) is 0.587. The van der Waals surface area contributed by atoms with Crippen molar-refractivity contribution in [2.45, 2.75) is 44.7 Å². The van der Waals surface area contributed by atoms with E-state index >= 15 is 0 Å². The number of aromatic nitrogens is 1. The lowest BCUT2D eigenvalue weighted by Gasteiger charge is -2.33. The highest BCUT2D eigenvalue weighted by Gasteiger charge is 2.27. The van der Waals surface area contributed by atoms with E-state index in [1.807, 2.05) is 7.05 Å². The number of nitrogens with zero attached hydrogens (tertiary/aromatic N) is 2. The van der Waals surface area contributed by atoms with Gasteiger partial charge in [-0.3, -0.25) is 4.79 Å².